The van der Waals surface area contributed by atoms with E-state index < -0.39 is 10.0 Å². The minimum Gasteiger partial charge on any atom is -0.303 e. The summed E-state index contributed by atoms with van der Waals surface area (Å²) in [5.41, 5.74) is 0. The van der Waals surface area contributed by atoms with E-state index in [-0.39, 0.29) is 0 Å². The van der Waals surface area contributed by atoms with Crippen molar-refractivity contribution in [1.82, 2.24) is 9.62 Å². The van der Waals surface area contributed by atoms with Gasteiger partial charge in [0.1, 0.15) is 0 Å². The summed E-state index contributed by atoms with van der Waals surface area (Å²) in [7, 11) is -3.38. The van der Waals surface area contributed by atoms with Crippen molar-refractivity contribution in [3.05, 3.63) is 28.7 Å². The monoisotopic (exact) mass is 374 g/mol. The number of likely N-dealkylation sites (tertiary alicyclic amines) is 1. The summed E-state index contributed by atoms with van der Waals surface area (Å²) in [6.07, 6.45) is 3.42. The van der Waals surface area contributed by atoms with Gasteiger partial charge in [-0.3, -0.25) is 0 Å². The van der Waals surface area contributed by atoms with Crippen molar-refractivity contribution in [2.45, 2.75) is 31.1 Å². The molecule has 1 unspecified atom stereocenters. The van der Waals surface area contributed by atoms with Crippen LogP contribution < -0.4 is 4.72 Å². The Kier molecular flexibility index (Phi) is 6.22. The first kappa shape index (κ1) is 16.9. The molecule has 1 atom stereocenters. The van der Waals surface area contributed by atoms with Crippen molar-refractivity contribution in [3.8, 4) is 0 Å². The lowest BCUT2D eigenvalue weighted by atomic mass is 10.0. The van der Waals surface area contributed by atoms with Crippen molar-refractivity contribution in [2.24, 2.45) is 5.92 Å². The summed E-state index contributed by atoms with van der Waals surface area (Å²) in [5.74, 6) is 0.762. The first-order valence-electron chi connectivity index (χ1n) is 7.45. The van der Waals surface area contributed by atoms with Crippen molar-refractivity contribution in [2.75, 3.05) is 26.2 Å². The number of piperidine rings is 1. The van der Waals surface area contributed by atoms with Crippen LogP contribution in [-0.4, -0.2) is 39.5 Å². The molecule has 21 heavy (non-hydrogen) atoms. The number of hydrogen-bond donors (Lipinski definition) is 1. The molecule has 1 aliphatic rings. The summed E-state index contributed by atoms with van der Waals surface area (Å²) in [4.78, 5) is 2.75. The topological polar surface area (TPSA) is 49.4 Å². The van der Waals surface area contributed by atoms with Crippen LogP contribution in [0.15, 0.2) is 33.6 Å². The van der Waals surface area contributed by atoms with Gasteiger partial charge >= 0.3 is 0 Å². The van der Waals surface area contributed by atoms with Crippen molar-refractivity contribution < 1.29 is 8.42 Å². The lowest BCUT2D eigenvalue weighted by Gasteiger charge is -2.30. The predicted octanol–water partition coefficient (Wildman–Crippen LogP) is 2.85. The van der Waals surface area contributed by atoms with Gasteiger partial charge in [-0.25, -0.2) is 13.1 Å². The Bertz CT molecular complexity index is 545. The fourth-order valence-electron chi connectivity index (χ4n) is 2.70. The molecule has 1 aromatic rings. The Morgan fingerprint density at radius 2 is 2.05 bits per heavy atom. The number of halogens is 1. The number of sulfonamides is 1. The van der Waals surface area contributed by atoms with E-state index in [0.29, 0.717) is 11.4 Å². The first-order valence-corrected chi connectivity index (χ1v) is 9.72. The molecule has 6 heteroatoms. The molecular formula is C15H23BrN2O2S. The van der Waals surface area contributed by atoms with Crippen LogP contribution >= 0.6 is 15.9 Å². The molecule has 0 radical (unpaired) electrons. The number of benzene rings is 1. The predicted molar refractivity (Wildman–Crippen MR) is 88.8 cm³/mol. The maximum Gasteiger partial charge on any atom is 0.240 e. The third-order valence-electron chi connectivity index (χ3n) is 3.81. The molecule has 1 saturated heterocycles. The molecule has 1 aromatic carbocycles. The number of nitrogens with one attached hydrogen (secondary N) is 1. The Balaban J connectivity index is 1.76. The largest absolute Gasteiger partial charge is 0.303 e. The van der Waals surface area contributed by atoms with Gasteiger partial charge in [-0.1, -0.05) is 22.9 Å². The summed E-state index contributed by atoms with van der Waals surface area (Å²) < 4.78 is 27.8. The van der Waals surface area contributed by atoms with Gasteiger partial charge in [0.05, 0.1) is 4.90 Å². The minimum atomic E-state index is -3.38. The zero-order valence-electron chi connectivity index (χ0n) is 12.4. The van der Waals surface area contributed by atoms with Gasteiger partial charge in [0.15, 0.2) is 0 Å². The molecule has 0 aromatic heterocycles. The van der Waals surface area contributed by atoms with E-state index in [9.17, 15) is 8.42 Å². The molecule has 1 heterocycles. The zero-order chi connectivity index (χ0) is 15.3. The van der Waals surface area contributed by atoms with Crippen LogP contribution in [0, 0.1) is 5.92 Å². The van der Waals surface area contributed by atoms with Gasteiger partial charge in [0, 0.05) is 17.6 Å². The number of rotatable bonds is 6. The number of nitrogens with zero attached hydrogens (tertiary/aromatic N) is 1. The second-order valence-corrected chi connectivity index (χ2v) is 8.44. The molecule has 0 amide bonds. The molecule has 0 saturated carbocycles. The molecule has 1 aliphatic heterocycles. The maximum absolute atomic E-state index is 12.1. The highest BCUT2D eigenvalue weighted by atomic mass is 79.9. The third-order valence-corrected chi connectivity index (χ3v) is 5.81. The van der Waals surface area contributed by atoms with Gasteiger partial charge in [0.2, 0.25) is 10.0 Å². The third kappa shape index (κ3) is 5.36. The van der Waals surface area contributed by atoms with Gasteiger partial charge in [-0.05, 0) is 62.5 Å². The lowest BCUT2D eigenvalue weighted by Crippen LogP contribution is -2.36. The van der Waals surface area contributed by atoms with Crippen LogP contribution in [0.1, 0.15) is 26.2 Å². The van der Waals surface area contributed by atoms with Crippen LogP contribution in [0.25, 0.3) is 0 Å². The molecule has 118 valence electrons. The molecule has 0 aliphatic carbocycles. The van der Waals surface area contributed by atoms with Crippen LogP contribution in [-0.2, 0) is 10.0 Å². The normalized spacial score (nSPS) is 20.6. The van der Waals surface area contributed by atoms with E-state index in [0.717, 1.165) is 36.4 Å². The average Bonchev–Trinajstić information content (AvgIpc) is 2.44. The Morgan fingerprint density at radius 1 is 1.33 bits per heavy atom. The summed E-state index contributed by atoms with van der Waals surface area (Å²) in [6, 6.07) is 6.70. The van der Waals surface area contributed by atoms with E-state index in [1.807, 2.05) is 0 Å². The lowest BCUT2D eigenvalue weighted by molar-refractivity contribution is 0.182. The molecule has 0 spiro atoms. The second kappa shape index (κ2) is 7.72. The Labute approximate surface area is 136 Å². The highest BCUT2D eigenvalue weighted by molar-refractivity contribution is 9.10. The van der Waals surface area contributed by atoms with E-state index in [2.05, 4.69) is 32.5 Å². The first-order chi connectivity index (χ1) is 9.97. The van der Waals surface area contributed by atoms with E-state index in [1.165, 1.54) is 12.8 Å². The van der Waals surface area contributed by atoms with Crippen LogP contribution in [0.5, 0.6) is 0 Å². The summed E-state index contributed by atoms with van der Waals surface area (Å²) in [6.45, 7) is 6.02. The zero-order valence-corrected chi connectivity index (χ0v) is 14.8. The van der Waals surface area contributed by atoms with Crippen LogP contribution in [0.4, 0.5) is 0 Å². The SMILES string of the molecule is CC1CCCN(CCCNS(=O)(=O)c2ccc(Br)cc2)C1. The molecule has 1 fully saturated rings. The average molecular weight is 375 g/mol. The molecule has 4 nitrogen and oxygen atoms in total. The Hall–Kier alpha value is -0.430. The fourth-order valence-corrected chi connectivity index (χ4v) is 4.03. The minimum absolute atomic E-state index is 0.317. The van der Waals surface area contributed by atoms with Crippen molar-refractivity contribution in [3.63, 3.8) is 0 Å². The van der Waals surface area contributed by atoms with Crippen molar-refractivity contribution in [1.29, 1.82) is 0 Å². The summed E-state index contributed by atoms with van der Waals surface area (Å²) >= 11 is 3.30. The van der Waals surface area contributed by atoms with Gasteiger partial charge in [-0.15, -0.1) is 0 Å². The standard InChI is InChI=1S/C15H23BrN2O2S/c1-13-4-2-10-18(12-13)11-3-9-17-21(19,20)15-7-5-14(16)6-8-15/h5-8,13,17H,2-4,9-12H2,1H3. The highest BCUT2D eigenvalue weighted by Crippen LogP contribution is 2.16. The number of hydrogen-bond acceptors (Lipinski definition) is 3. The smallest absolute Gasteiger partial charge is 0.240 e. The summed E-state index contributed by atoms with van der Waals surface area (Å²) in [5, 5.41) is 0. The van der Waals surface area contributed by atoms with Gasteiger partial charge < -0.3 is 4.90 Å². The van der Waals surface area contributed by atoms with Crippen molar-refractivity contribution >= 4 is 26.0 Å². The van der Waals surface area contributed by atoms with Crippen LogP contribution in [0.3, 0.4) is 0 Å². The van der Waals surface area contributed by atoms with E-state index >= 15 is 0 Å². The van der Waals surface area contributed by atoms with Crippen LogP contribution in [0.2, 0.25) is 0 Å². The quantitative estimate of drug-likeness (QED) is 0.778. The Morgan fingerprint density at radius 3 is 2.71 bits per heavy atom. The molecule has 2 rings (SSSR count). The molecule has 1 N–H and O–H groups in total. The van der Waals surface area contributed by atoms with Gasteiger partial charge in [-0.2, -0.15) is 0 Å². The highest BCUT2D eigenvalue weighted by Gasteiger charge is 2.16. The maximum atomic E-state index is 12.1. The van der Waals surface area contributed by atoms with Gasteiger partial charge in [0.25, 0.3) is 0 Å². The molecule has 0 bridgehead atoms. The molecular weight excluding hydrogens is 352 g/mol. The van der Waals surface area contributed by atoms with E-state index in [1.54, 1.807) is 24.3 Å². The second-order valence-electron chi connectivity index (χ2n) is 5.75. The fraction of sp³-hybridized carbons (Fsp3) is 0.600. The van der Waals surface area contributed by atoms with E-state index in [4.69, 9.17) is 0 Å².